The zero-order valence-electron chi connectivity index (χ0n) is 15.4. The summed E-state index contributed by atoms with van der Waals surface area (Å²) in [6.07, 6.45) is 0. The minimum atomic E-state index is -1.24. The molecule has 1 heterocycles. The van der Waals surface area contributed by atoms with E-state index in [0.29, 0.717) is 17.3 Å². The molecule has 0 bridgehead atoms. The highest BCUT2D eigenvalue weighted by atomic mass is 35.5. The lowest BCUT2D eigenvalue weighted by Gasteiger charge is -2.26. The number of aryl methyl sites for hydroxylation is 2. The molecule has 0 fully saturated rings. The molecule has 3 aromatic carbocycles. The molecule has 1 aliphatic rings. The number of fused-ring (bicyclic) bond motifs is 1. The lowest BCUT2D eigenvalue weighted by molar-refractivity contribution is -0.121. The molecule has 0 spiro atoms. The van der Waals surface area contributed by atoms with Gasteiger partial charge in [0.15, 0.2) is 0 Å². The Labute approximate surface area is 164 Å². The van der Waals surface area contributed by atoms with Crippen molar-refractivity contribution in [2.75, 3.05) is 4.90 Å². The number of halogens is 1. The third kappa shape index (κ3) is 2.84. The topological polar surface area (TPSA) is 46.3 Å². The number of anilines is 1. The van der Waals surface area contributed by atoms with Gasteiger partial charge >= 0.3 is 0 Å². The zero-order chi connectivity index (χ0) is 19.2. The molecule has 1 aliphatic heterocycles. The highest BCUT2D eigenvalue weighted by Gasteiger charge is 2.50. The Kier molecular flexibility index (Phi) is 4.29. The second-order valence-corrected chi connectivity index (χ2v) is 7.60. The Morgan fingerprint density at radius 1 is 0.963 bits per heavy atom. The summed E-state index contributed by atoms with van der Waals surface area (Å²) in [5.74, 6) is -0.153. The van der Waals surface area contributed by atoms with E-state index in [2.05, 4.69) is 6.07 Å². The second-order valence-electron chi connectivity index (χ2n) is 7.20. The van der Waals surface area contributed by atoms with Crippen LogP contribution in [0.2, 0.25) is 5.02 Å². The van der Waals surface area contributed by atoms with E-state index in [-0.39, 0.29) is 5.91 Å². The standard InChI is InChI=1S/C23H21ClN2O/c1-15-11-16(2)13-18(12-15)23(25)19-9-6-10-20(24)21(19)26(22(23)27)14-17-7-4-3-5-8-17/h3-13H,14,25H2,1-2H3/t23-/m0/s1. The van der Waals surface area contributed by atoms with Gasteiger partial charge in [-0.15, -0.1) is 0 Å². The molecular formula is C23H21ClN2O. The van der Waals surface area contributed by atoms with E-state index >= 15 is 0 Å². The summed E-state index contributed by atoms with van der Waals surface area (Å²) < 4.78 is 0. The van der Waals surface area contributed by atoms with Gasteiger partial charge < -0.3 is 10.6 Å². The highest BCUT2D eigenvalue weighted by molar-refractivity contribution is 6.35. The van der Waals surface area contributed by atoms with Crippen molar-refractivity contribution in [3.8, 4) is 0 Å². The second kappa shape index (κ2) is 6.52. The van der Waals surface area contributed by atoms with Crippen molar-refractivity contribution in [1.82, 2.24) is 0 Å². The quantitative estimate of drug-likeness (QED) is 0.719. The third-order valence-corrected chi connectivity index (χ3v) is 5.43. The molecule has 0 radical (unpaired) electrons. The number of hydrogen-bond acceptors (Lipinski definition) is 2. The SMILES string of the molecule is Cc1cc(C)cc([C@@]2(N)C(=O)N(Cc3ccccc3)c3c(Cl)cccc32)c1. The molecule has 0 unspecified atom stereocenters. The van der Waals surface area contributed by atoms with Crippen LogP contribution in [0, 0.1) is 13.8 Å². The van der Waals surface area contributed by atoms with Gasteiger partial charge in [-0.25, -0.2) is 0 Å². The van der Waals surface area contributed by atoms with E-state index in [9.17, 15) is 4.79 Å². The molecule has 0 saturated heterocycles. The van der Waals surface area contributed by atoms with E-state index in [0.717, 1.165) is 27.8 Å². The first kappa shape index (κ1) is 17.8. The summed E-state index contributed by atoms with van der Waals surface area (Å²) in [5.41, 5.74) is 11.0. The molecule has 2 N–H and O–H groups in total. The van der Waals surface area contributed by atoms with Gasteiger partial charge in [-0.3, -0.25) is 4.79 Å². The van der Waals surface area contributed by atoms with Gasteiger partial charge in [0.25, 0.3) is 5.91 Å². The van der Waals surface area contributed by atoms with E-state index in [1.165, 1.54) is 0 Å². The van der Waals surface area contributed by atoms with Crippen LogP contribution in [-0.2, 0) is 16.9 Å². The lowest BCUT2D eigenvalue weighted by Crippen LogP contribution is -2.48. The van der Waals surface area contributed by atoms with Crippen molar-refractivity contribution in [3.05, 3.63) is 99.6 Å². The van der Waals surface area contributed by atoms with Crippen LogP contribution in [0.4, 0.5) is 5.69 Å². The van der Waals surface area contributed by atoms with Crippen molar-refractivity contribution in [2.24, 2.45) is 5.73 Å². The molecule has 27 heavy (non-hydrogen) atoms. The molecule has 0 aliphatic carbocycles. The fraction of sp³-hybridized carbons (Fsp3) is 0.174. The van der Waals surface area contributed by atoms with Gasteiger partial charge in [0.2, 0.25) is 0 Å². The van der Waals surface area contributed by atoms with Gasteiger partial charge in [0.05, 0.1) is 17.3 Å². The summed E-state index contributed by atoms with van der Waals surface area (Å²) in [6.45, 7) is 4.46. The summed E-state index contributed by atoms with van der Waals surface area (Å²) in [4.78, 5) is 15.3. The van der Waals surface area contributed by atoms with E-state index < -0.39 is 5.54 Å². The summed E-state index contributed by atoms with van der Waals surface area (Å²) >= 11 is 6.52. The van der Waals surface area contributed by atoms with Gasteiger partial charge in [-0.1, -0.05) is 83.4 Å². The zero-order valence-corrected chi connectivity index (χ0v) is 16.1. The van der Waals surface area contributed by atoms with Crippen LogP contribution >= 0.6 is 11.6 Å². The van der Waals surface area contributed by atoms with Gasteiger partial charge in [0.1, 0.15) is 5.54 Å². The average Bonchev–Trinajstić information content (AvgIpc) is 2.86. The molecule has 4 rings (SSSR count). The van der Waals surface area contributed by atoms with Crippen molar-refractivity contribution < 1.29 is 4.79 Å². The third-order valence-electron chi connectivity index (χ3n) is 5.12. The number of nitrogens with zero attached hydrogens (tertiary/aromatic N) is 1. The number of benzene rings is 3. The Hall–Kier alpha value is -2.62. The van der Waals surface area contributed by atoms with Crippen LogP contribution in [0.1, 0.15) is 27.8 Å². The molecule has 3 nitrogen and oxygen atoms in total. The van der Waals surface area contributed by atoms with Crippen molar-refractivity contribution in [2.45, 2.75) is 25.9 Å². The normalized spacial score (nSPS) is 18.7. The van der Waals surface area contributed by atoms with Gasteiger partial charge in [-0.05, 0) is 31.0 Å². The fourth-order valence-corrected chi connectivity index (χ4v) is 4.21. The molecule has 3 aromatic rings. The van der Waals surface area contributed by atoms with Crippen LogP contribution in [0.15, 0.2) is 66.7 Å². The minimum Gasteiger partial charge on any atom is -0.310 e. The molecule has 0 aromatic heterocycles. The van der Waals surface area contributed by atoms with Gasteiger partial charge in [-0.2, -0.15) is 0 Å². The van der Waals surface area contributed by atoms with Crippen LogP contribution in [0.3, 0.4) is 0 Å². The summed E-state index contributed by atoms with van der Waals surface area (Å²) in [6, 6.07) is 21.5. The molecule has 4 heteroatoms. The number of amides is 1. The predicted octanol–water partition coefficient (Wildman–Crippen LogP) is 4.71. The largest absolute Gasteiger partial charge is 0.310 e. The Morgan fingerprint density at radius 2 is 1.63 bits per heavy atom. The first-order valence-corrected chi connectivity index (χ1v) is 9.31. The maximum atomic E-state index is 13.6. The molecule has 1 amide bonds. The number of nitrogens with two attached hydrogens (primary N) is 1. The maximum Gasteiger partial charge on any atom is 0.256 e. The predicted molar refractivity (Wildman–Crippen MR) is 110 cm³/mol. The monoisotopic (exact) mass is 376 g/mol. The molecule has 1 atom stereocenters. The maximum absolute atomic E-state index is 13.6. The average molecular weight is 377 g/mol. The fourth-order valence-electron chi connectivity index (χ4n) is 3.94. The van der Waals surface area contributed by atoms with Crippen LogP contribution in [0.5, 0.6) is 0 Å². The Morgan fingerprint density at radius 3 is 2.30 bits per heavy atom. The molecule has 0 saturated carbocycles. The summed E-state index contributed by atoms with van der Waals surface area (Å²) in [5, 5.41) is 0.536. The van der Waals surface area contributed by atoms with Crippen molar-refractivity contribution >= 4 is 23.2 Å². The number of hydrogen-bond donors (Lipinski definition) is 1. The number of carbonyl (C=O) groups is 1. The first-order valence-electron chi connectivity index (χ1n) is 8.94. The number of para-hydroxylation sites is 1. The highest BCUT2D eigenvalue weighted by Crippen LogP contribution is 2.47. The number of carbonyl (C=O) groups excluding carboxylic acids is 1. The molecular weight excluding hydrogens is 356 g/mol. The van der Waals surface area contributed by atoms with E-state index in [1.807, 2.05) is 68.4 Å². The first-order chi connectivity index (χ1) is 12.9. The Bertz CT molecular complexity index is 1010. The van der Waals surface area contributed by atoms with Crippen LogP contribution in [-0.4, -0.2) is 5.91 Å². The van der Waals surface area contributed by atoms with Crippen LogP contribution in [0.25, 0.3) is 0 Å². The smallest absolute Gasteiger partial charge is 0.256 e. The number of rotatable bonds is 3. The van der Waals surface area contributed by atoms with E-state index in [4.69, 9.17) is 17.3 Å². The van der Waals surface area contributed by atoms with Crippen LogP contribution < -0.4 is 10.6 Å². The van der Waals surface area contributed by atoms with Crippen molar-refractivity contribution in [1.29, 1.82) is 0 Å². The summed E-state index contributed by atoms with van der Waals surface area (Å²) in [7, 11) is 0. The van der Waals surface area contributed by atoms with Crippen molar-refractivity contribution in [3.63, 3.8) is 0 Å². The lowest BCUT2D eigenvalue weighted by atomic mass is 9.83. The minimum absolute atomic E-state index is 0.153. The van der Waals surface area contributed by atoms with Gasteiger partial charge in [0, 0.05) is 5.56 Å². The van der Waals surface area contributed by atoms with E-state index in [1.54, 1.807) is 11.0 Å². The Balaban J connectivity index is 1.90. The molecule has 136 valence electrons.